The topological polar surface area (TPSA) is 142 Å². The lowest BCUT2D eigenvalue weighted by atomic mass is 9.97. The maximum Gasteiger partial charge on any atom is 0.273 e. The number of primary amides is 1. The molecule has 0 radical (unpaired) electrons. The molecule has 0 bridgehead atoms. The molecule has 0 fully saturated rings. The Balaban J connectivity index is 1.66. The van der Waals surface area contributed by atoms with Crippen molar-refractivity contribution in [3.05, 3.63) is 58.8 Å². The minimum atomic E-state index is -0.773. The number of rotatable bonds is 7. The van der Waals surface area contributed by atoms with E-state index in [9.17, 15) is 4.79 Å². The average molecular weight is 459 g/mol. The molecule has 2 aromatic carbocycles. The van der Waals surface area contributed by atoms with Gasteiger partial charge in [-0.05, 0) is 61.7 Å². The number of aromatic nitrogens is 3. The van der Waals surface area contributed by atoms with Crippen molar-refractivity contribution >= 4 is 29.0 Å². The molecule has 10 heteroatoms. The van der Waals surface area contributed by atoms with Gasteiger partial charge >= 0.3 is 0 Å². The number of fused-ring (bicyclic) bond motifs is 1. The van der Waals surface area contributed by atoms with Crippen LogP contribution >= 0.6 is 0 Å². The van der Waals surface area contributed by atoms with Crippen molar-refractivity contribution in [1.29, 1.82) is 5.26 Å². The molecule has 10 nitrogen and oxygen atoms in total. The molecule has 1 aliphatic heterocycles. The molecule has 3 aromatic rings. The van der Waals surface area contributed by atoms with Crippen LogP contribution in [0.1, 0.15) is 41.0 Å². The van der Waals surface area contributed by atoms with Gasteiger partial charge in [0.15, 0.2) is 11.5 Å². The summed E-state index contributed by atoms with van der Waals surface area (Å²) in [6.45, 7) is 6.22. The molecule has 4 N–H and O–H groups in total. The lowest BCUT2D eigenvalue weighted by Gasteiger charge is -2.32. The van der Waals surface area contributed by atoms with Gasteiger partial charge in [-0.15, -0.1) is 10.2 Å². The molecule has 1 aromatic heterocycles. The maximum absolute atomic E-state index is 11.9. The Kier molecular flexibility index (Phi) is 6.56. The van der Waals surface area contributed by atoms with Gasteiger partial charge in [0.25, 0.3) is 5.91 Å². The third-order valence-corrected chi connectivity index (χ3v) is 5.71. The van der Waals surface area contributed by atoms with E-state index in [1.54, 1.807) is 31.4 Å². The second kappa shape index (κ2) is 9.72. The number of ether oxygens (including phenoxy) is 1. The number of carbonyl (C=O) groups is 1. The molecular formula is C24H26N8O2. The number of methoxy groups -OCH3 is 1. The van der Waals surface area contributed by atoms with E-state index >= 15 is 0 Å². The van der Waals surface area contributed by atoms with Crippen molar-refractivity contribution in [2.75, 3.05) is 24.3 Å². The van der Waals surface area contributed by atoms with E-state index in [0.29, 0.717) is 28.7 Å². The van der Waals surface area contributed by atoms with E-state index in [1.165, 1.54) is 11.1 Å². The van der Waals surface area contributed by atoms with Crippen molar-refractivity contribution in [2.24, 2.45) is 5.73 Å². The summed E-state index contributed by atoms with van der Waals surface area (Å²) < 4.78 is 5.60. The van der Waals surface area contributed by atoms with E-state index in [2.05, 4.69) is 50.6 Å². The Labute approximate surface area is 197 Å². The van der Waals surface area contributed by atoms with Crippen LogP contribution in [0.5, 0.6) is 5.75 Å². The zero-order chi connectivity index (χ0) is 24.2. The first-order valence-corrected chi connectivity index (χ1v) is 10.9. The minimum absolute atomic E-state index is 0.113. The summed E-state index contributed by atoms with van der Waals surface area (Å²) >= 11 is 0. The number of nitriles is 1. The Morgan fingerprint density at radius 2 is 2.03 bits per heavy atom. The molecule has 0 aliphatic carbocycles. The van der Waals surface area contributed by atoms with E-state index in [4.69, 9.17) is 15.7 Å². The van der Waals surface area contributed by atoms with Crippen LogP contribution in [-0.2, 0) is 13.0 Å². The molecule has 34 heavy (non-hydrogen) atoms. The predicted molar refractivity (Wildman–Crippen MR) is 128 cm³/mol. The van der Waals surface area contributed by atoms with E-state index < -0.39 is 5.91 Å². The summed E-state index contributed by atoms with van der Waals surface area (Å²) in [5, 5.41) is 23.3. The summed E-state index contributed by atoms with van der Waals surface area (Å²) in [6, 6.07) is 13.4. The Bertz CT molecular complexity index is 1270. The minimum Gasteiger partial charge on any atom is -0.495 e. The van der Waals surface area contributed by atoms with Crippen LogP contribution in [0.2, 0.25) is 0 Å². The van der Waals surface area contributed by atoms with Crippen molar-refractivity contribution in [2.45, 2.75) is 32.9 Å². The lowest BCUT2D eigenvalue weighted by molar-refractivity contribution is 0.0995. The molecule has 2 heterocycles. The number of nitrogens with zero attached hydrogens (tertiary/aromatic N) is 5. The van der Waals surface area contributed by atoms with Gasteiger partial charge in [-0.3, -0.25) is 9.69 Å². The van der Waals surface area contributed by atoms with Gasteiger partial charge in [-0.1, -0.05) is 6.07 Å². The number of benzene rings is 2. The van der Waals surface area contributed by atoms with Crippen LogP contribution in [0.3, 0.4) is 0 Å². The predicted octanol–water partition coefficient (Wildman–Crippen LogP) is 3.10. The number of anilines is 4. The highest BCUT2D eigenvalue weighted by molar-refractivity contribution is 5.96. The van der Waals surface area contributed by atoms with E-state index in [0.717, 1.165) is 19.5 Å². The number of amides is 1. The van der Waals surface area contributed by atoms with Gasteiger partial charge in [-0.25, -0.2) is 0 Å². The van der Waals surface area contributed by atoms with Crippen LogP contribution in [-0.4, -0.2) is 45.7 Å². The summed E-state index contributed by atoms with van der Waals surface area (Å²) in [4.78, 5) is 18.7. The molecule has 1 amide bonds. The Morgan fingerprint density at radius 1 is 1.21 bits per heavy atom. The van der Waals surface area contributed by atoms with Gasteiger partial charge < -0.3 is 21.1 Å². The van der Waals surface area contributed by atoms with Crippen molar-refractivity contribution in [3.8, 4) is 11.8 Å². The zero-order valence-corrected chi connectivity index (χ0v) is 19.3. The third kappa shape index (κ3) is 4.89. The van der Waals surface area contributed by atoms with Gasteiger partial charge in [0, 0.05) is 24.8 Å². The number of hydrogen-bond donors (Lipinski definition) is 3. The highest BCUT2D eigenvalue weighted by Crippen LogP contribution is 2.33. The van der Waals surface area contributed by atoms with Crippen LogP contribution in [0.4, 0.5) is 23.1 Å². The second-order valence-electron chi connectivity index (χ2n) is 8.27. The summed E-state index contributed by atoms with van der Waals surface area (Å²) in [7, 11) is 1.61. The molecule has 0 unspecified atom stereocenters. The van der Waals surface area contributed by atoms with Crippen LogP contribution in [0.25, 0.3) is 0 Å². The molecule has 0 atom stereocenters. The molecule has 0 saturated carbocycles. The maximum atomic E-state index is 11.9. The van der Waals surface area contributed by atoms with Gasteiger partial charge in [0.1, 0.15) is 5.75 Å². The number of nitrogens with one attached hydrogen (secondary N) is 2. The Hall–Kier alpha value is -4.23. The van der Waals surface area contributed by atoms with Gasteiger partial charge in [0.2, 0.25) is 5.95 Å². The smallest absolute Gasteiger partial charge is 0.273 e. The third-order valence-electron chi connectivity index (χ3n) is 5.71. The zero-order valence-electron chi connectivity index (χ0n) is 19.3. The van der Waals surface area contributed by atoms with Crippen LogP contribution in [0.15, 0.2) is 36.4 Å². The standard InChI is InChI=1S/C24H26N8O2/c1-14(2)32-8-7-16-11-20(34-3)19(10-17(16)13-32)28-24-29-23(21(22(26)33)30-31-24)27-18-6-4-5-15(9-18)12-25/h4-6,9-11,14H,7-8,13H2,1-3H3,(H2,26,33)(H2,27,28,29,31). The van der Waals surface area contributed by atoms with Gasteiger partial charge in [0.05, 0.1) is 24.4 Å². The normalized spacial score (nSPS) is 13.1. The second-order valence-corrected chi connectivity index (χ2v) is 8.27. The average Bonchev–Trinajstić information content (AvgIpc) is 2.83. The quantitative estimate of drug-likeness (QED) is 0.487. The van der Waals surface area contributed by atoms with Crippen LogP contribution in [0, 0.1) is 11.3 Å². The van der Waals surface area contributed by atoms with E-state index in [1.807, 2.05) is 12.1 Å². The first-order valence-electron chi connectivity index (χ1n) is 10.9. The first-order chi connectivity index (χ1) is 16.4. The highest BCUT2D eigenvalue weighted by Gasteiger charge is 2.22. The number of hydrogen-bond acceptors (Lipinski definition) is 9. The van der Waals surface area contributed by atoms with Crippen LogP contribution < -0.4 is 21.1 Å². The summed E-state index contributed by atoms with van der Waals surface area (Å²) in [5.74, 6) is 0.183. The largest absolute Gasteiger partial charge is 0.495 e. The fraction of sp³-hybridized carbons (Fsp3) is 0.292. The first kappa shape index (κ1) is 22.9. The number of carbonyl (C=O) groups excluding carboxylic acids is 1. The number of nitrogens with two attached hydrogens (primary N) is 1. The molecular weight excluding hydrogens is 432 g/mol. The van der Waals surface area contributed by atoms with Crippen molar-refractivity contribution in [1.82, 2.24) is 20.1 Å². The molecule has 1 aliphatic rings. The molecule has 0 spiro atoms. The van der Waals surface area contributed by atoms with Crippen molar-refractivity contribution < 1.29 is 9.53 Å². The SMILES string of the molecule is COc1cc2c(cc1Nc1nnc(C(N)=O)c(Nc3cccc(C#N)c3)n1)CN(C(C)C)CC2. The monoisotopic (exact) mass is 458 g/mol. The lowest BCUT2D eigenvalue weighted by Crippen LogP contribution is -2.35. The summed E-state index contributed by atoms with van der Waals surface area (Å²) in [5.41, 5.74) is 9.53. The summed E-state index contributed by atoms with van der Waals surface area (Å²) in [6.07, 6.45) is 0.950. The molecule has 174 valence electrons. The highest BCUT2D eigenvalue weighted by atomic mass is 16.5. The van der Waals surface area contributed by atoms with Crippen molar-refractivity contribution in [3.63, 3.8) is 0 Å². The fourth-order valence-electron chi connectivity index (χ4n) is 3.87. The van der Waals surface area contributed by atoms with E-state index in [-0.39, 0.29) is 17.5 Å². The molecule has 4 rings (SSSR count). The Morgan fingerprint density at radius 3 is 2.74 bits per heavy atom. The van der Waals surface area contributed by atoms with Gasteiger partial charge in [-0.2, -0.15) is 10.2 Å². The molecule has 0 saturated heterocycles. The fourth-order valence-corrected chi connectivity index (χ4v) is 3.87.